The van der Waals surface area contributed by atoms with Gasteiger partial charge in [-0.25, -0.2) is 9.78 Å². The highest BCUT2D eigenvalue weighted by Crippen LogP contribution is 2.28. The van der Waals surface area contributed by atoms with Gasteiger partial charge in [-0.05, 0) is 31.2 Å². The van der Waals surface area contributed by atoms with Crippen molar-refractivity contribution in [3.63, 3.8) is 0 Å². The van der Waals surface area contributed by atoms with Gasteiger partial charge < -0.3 is 14.2 Å². The molecule has 0 aliphatic heterocycles. The predicted molar refractivity (Wildman–Crippen MR) is 104 cm³/mol. The van der Waals surface area contributed by atoms with E-state index >= 15 is 0 Å². The summed E-state index contributed by atoms with van der Waals surface area (Å²) in [4.78, 5) is 33.8. The van der Waals surface area contributed by atoms with Gasteiger partial charge in [0.1, 0.15) is 21.4 Å². The Bertz CT molecular complexity index is 1000. The molecule has 0 amide bonds. The summed E-state index contributed by atoms with van der Waals surface area (Å²) in [6.45, 7) is 1.31. The molecule has 1 aromatic carbocycles. The van der Waals surface area contributed by atoms with E-state index in [1.165, 1.54) is 25.6 Å². The van der Waals surface area contributed by atoms with E-state index in [9.17, 15) is 9.59 Å². The quantitative estimate of drug-likeness (QED) is 0.444. The molecule has 28 heavy (non-hydrogen) atoms. The van der Waals surface area contributed by atoms with Gasteiger partial charge in [-0.1, -0.05) is 6.07 Å². The summed E-state index contributed by atoms with van der Waals surface area (Å²) in [5, 5.41) is 0.619. The standard InChI is InChI=1S/C20H18N2O5S/c1-12-18(28-19(22-12)15-6-4-5-9-21-15)20(24)27-11-16(23)14-8-7-13(25-2)10-17(14)26-3/h4-10H,11H2,1-3H3. The molecule has 0 fully saturated rings. The Hall–Kier alpha value is -3.26. The number of methoxy groups -OCH3 is 2. The molecule has 0 aliphatic carbocycles. The zero-order valence-electron chi connectivity index (χ0n) is 15.6. The Labute approximate surface area is 165 Å². The molecule has 144 valence electrons. The van der Waals surface area contributed by atoms with E-state index in [4.69, 9.17) is 14.2 Å². The number of aryl methyl sites for hydroxylation is 1. The van der Waals surface area contributed by atoms with Crippen molar-refractivity contribution < 1.29 is 23.8 Å². The Morgan fingerprint density at radius 2 is 1.93 bits per heavy atom. The second-order valence-electron chi connectivity index (χ2n) is 5.71. The number of benzene rings is 1. The van der Waals surface area contributed by atoms with Crippen LogP contribution in [0.25, 0.3) is 10.7 Å². The number of rotatable bonds is 7. The van der Waals surface area contributed by atoms with Crippen LogP contribution in [0.5, 0.6) is 11.5 Å². The van der Waals surface area contributed by atoms with Crippen LogP contribution >= 0.6 is 11.3 Å². The number of nitrogens with zero attached hydrogens (tertiary/aromatic N) is 2. The summed E-state index contributed by atoms with van der Waals surface area (Å²) in [6.07, 6.45) is 1.66. The zero-order valence-corrected chi connectivity index (χ0v) is 16.4. The van der Waals surface area contributed by atoms with Gasteiger partial charge in [0.25, 0.3) is 0 Å². The fourth-order valence-electron chi connectivity index (χ4n) is 2.49. The number of ether oxygens (including phenoxy) is 3. The van der Waals surface area contributed by atoms with Gasteiger partial charge in [-0.15, -0.1) is 11.3 Å². The topological polar surface area (TPSA) is 87.6 Å². The monoisotopic (exact) mass is 398 g/mol. The average Bonchev–Trinajstić information content (AvgIpc) is 3.13. The van der Waals surface area contributed by atoms with Crippen LogP contribution in [0, 0.1) is 6.92 Å². The first-order chi connectivity index (χ1) is 13.5. The van der Waals surface area contributed by atoms with Crippen LogP contribution < -0.4 is 9.47 Å². The number of carbonyl (C=O) groups is 2. The zero-order chi connectivity index (χ0) is 20.1. The van der Waals surface area contributed by atoms with Gasteiger partial charge in [0.05, 0.1) is 31.2 Å². The SMILES string of the molecule is COc1ccc(C(=O)COC(=O)c2sc(-c3ccccn3)nc2C)c(OC)c1. The molecule has 0 aliphatic rings. The first-order valence-electron chi connectivity index (χ1n) is 8.34. The molecule has 2 aromatic heterocycles. The van der Waals surface area contributed by atoms with Crippen molar-refractivity contribution in [3.8, 4) is 22.2 Å². The van der Waals surface area contributed by atoms with Crippen LogP contribution in [0.4, 0.5) is 0 Å². The van der Waals surface area contributed by atoms with E-state index < -0.39 is 12.6 Å². The average molecular weight is 398 g/mol. The summed E-state index contributed by atoms with van der Waals surface area (Å²) < 4.78 is 15.5. The Morgan fingerprint density at radius 3 is 2.61 bits per heavy atom. The second kappa shape index (κ2) is 8.62. The highest BCUT2D eigenvalue weighted by molar-refractivity contribution is 7.17. The van der Waals surface area contributed by atoms with Crippen molar-refractivity contribution in [2.75, 3.05) is 20.8 Å². The van der Waals surface area contributed by atoms with Crippen molar-refractivity contribution in [2.45, 2.75) is 6.92 Å². The Kier molecular flexibility index (Phi) is 6.00. The van der Waals surface area contributed by atoms with Gasteiger partial charge in [0.15, 0.2) is 6.61 Å². The number of hydrogen-bond acceptors (Lipinski definition) is 8. The number of esters is 1. The largest absolute Gasteiger partial charge is 0.497 e. The smallest absolute Gasteiger partial charge is 0.350 e. The highest BCUT2D eigenvalue weighted by atomic mass is 32.1. The van der Waals surface area contributed by atoms with E-state index in [0.717, 1.165) is 0 Å². The number of hydrogen-bond donors (Lipinski definition) is 0. The van der Waals surface area contributed by atoms with Crippen molar-refractivity contribution in [1.82, 2.24) is 9.97 Å². The molecule has 0 unspecified atom stereocenters. The third-order valence-electron chi connectivity index (χ3n) is 3.91. The lowest BCUT2D eigenvalue weighted by molar-refractivity contribution is 0.0477. The van der Waals surface area contributed by atoms with E-state index in [1.54, 1.807) is 37.4 Å². The molecule has 0 saturated carbocycles. The van der Waals surface area contributed by atoms with Crippen LogP contribution in [0.1, 0.15) is 25.7 Å². The lowest BCUT2D eigenvalue weighted by atomic mass is 10.1. The number of ketones is 1. The molecule has 3 aromatic rings. The lowest BCUT2D eigenvalue weighted by Gasteiger charge is -2.09. The van der Waals surface area contributed by atoms with Crippen LogP contribution in [0.3, 0.4) is 0 Å². The summed E-state index contributed by atoms with van der Waals surface area (Å²) in [6, 6.07) is 10.3. The van der Waals surface area contributed by atoms with Crippen molar-refractivity contribution in [2.24, 2.45) is 0 Å². The minimum Gasteiger partial charge on any atom is -0.497 e. The van der Waals surface area contributed by atoms with Crippen LogP contribution in [-0.4, -0.2) is 42.5 Å². The summed E-state index contributed by atoms with van der Waals surface area (Å²) in [5.74, 6) is -0.0579. The summed E-state index contributed by atoms with van der Waals surface area (Å²) in [5.41, 5.74) is 1.52. The third kappa shape index (κ3) is 4.17. The van der Waals surface area contributed by atoms with Crippen LogP contribution in [0.15, 0.2) is 42.6 Å². The van der Waals surface area contributed by atoms with Crippen molar-refractivity contribution in [1.29, 1.82) is 0 Å². The fourth-order valence-corrected chi connectivity index (χ4v) is 3.42. The van der Waals surface area contributed by atoms with Gasteiger partial charge in [-0.2, -0.15) is 0 Å². The van der Waals surface area contributed by atoms with E-state index in [1.807, 2.05) is 12.1 Å². The molecule has 0 atom stereocenters. The van der Waals surface area contributed by atoms with E-state index in [0.29, 0.717) is 38.3 Å². The van der Waals surface area contributed by atoms with Gasteiger partial charge in [-0.3, -0.25) is 9.78 Å². The minimum absolute atomic E-state index is 0.311. The molecule has 8 heteroatoms. The first-order valence-corrected chi connectivity index (χ1v) is 9.16. The maximum absolute atomic E-state index is 12.5. The number of carbonyl (C=O) groups excluding carboxylic acids is 2. The van der Waals surface area contributed by atoms with Crippen molar-refractivity contribution >= 4 is 23.1 Å². The molecule has 0 saturated heterocycles. The Balaban J connectivity index is 1.71. The van der Waals surface area contributed by atoms with Crippen molar-refractivity contribution in [3.05, 3.63) is 58.7 Å². The fraction of sp³-hybridized carbons (Fsp3) is 0.200. The molecular formula is C20H18N2O5S. The van der Waals surface area contributed by atoms with Gasteiger partial charge in [0.2, 0.25) is 5.78 Å². The number of thiazole rings is 1. The molecule has 3 rings (SSSR count). The van der Waals surface area contributed by atoms with Crippen LogP contribution in [0.2, 0.25) is 0 Å². The van der Waals surface area contributed by atoms with E-state index in [2.05, 4.69) is 9.97 Å². The predicted octanol–water partition coefficient (Wildman–Crippen LogP) is 3.57. The molecule has 0 N–H and O–H groups in total. The number of Topliss-reactive ketones (excluding diaryl/α,β-unsaturated/α-hetero) is 1. The molecule has 0 radical (unpaired) electrons. The highest BCUT2D eigenvalue weighted by Gasteiger charge is 2.21. The normalized spacial score (nSPS) is 10.4. The lowest BCUT2D eigenvalue weighted by Crippen LogP contribution is -2.15. The van der Waals surface area contributed by atoms with E-state index in [-0.39, 0.29) is 5.78 Å². The summed E-state index contributed by atoms with van der Waals surface area (Å²) in [7, 11) is 2.98. The maximum Gasteiger partial charge on any atom is 0.350 e. The van der Waals surface area contributed by atoms with Crippen LogP contribution in [-0.2, 0) is 4.74 Å². The first kappa shape index (κ1) is 19.5. The van der Waals surface area contributed by atoms with Gasteiger partial charge >= 0.3 is 5.97 Å². The number of aromatic nitrogens is 2. The second-order valence-corrected chi connectivity index (χ2v) is 6.71. The summed E-state index contributed by atoms with van der Waals surface area (Å²) >= 11 is 1.18. The Morgan fingerprint density at radius 1 is 1.11 bits per heavy atom. The van der Waals surface area contributed by atoms with Gasteiger partial charge in [0, 0.05) is 12.3 Å². The molecular weight excluding hydrogens is 380 g/mol. The number of pyridine rings is 1. The minimum atomic E-state index is -0.599. The third-order valence-corrected chi connectivity index (χ3v) is 5.07. The molecule has 0 bridgehead atoms. The molecule has 2 heterocycles. The molecule has 7 nitrogen and oxygen atoms in total. The maximum atomic E-state index is 12.5. The molecule has 0 spiro atoms.